The van der Waals surface area contributed by atoms with E-state index in [2.05, 4.69) is 15.3 Å². The normalized spacial score (nSPS) is 14.2. The number of amides is 1. The molecule has 0 aromatic carbocycles. The van der Waals surface area contributed by atoms with Crippen LogP contribution in [0.1, 0.15) is 13.8 Å². The third-order valence-electron chi connectivity index (χ3n) is 2.51. The van der Waals surface area contributed by atoms with E-state index in [9.17, 15) is 4.79 Å². The molecular formula is C9H19N5O2. The highest BCUT2D eigenvalue weighted by atomic mass is 16.5. The Labute approximate surface area is 95.0 Å². The lowest BCUT2D eigenvalue weighted by atomic mass is 9.86. The zero-order valence-corrected chi connectivity index (χ0v) is 9.93. The van der Waals surface area contributed by atoms with Gasteiger partial charge in [0.1, 0.15) is 5.54 Å². The highest BCUT2D eigenvalue weighted by molar-refractivity contribution is 5.85. The van der Waals surface area contributed by atoms with Crippen LogP contribution >= 0.6 is 0 Å². The third-order valence-corrected chi connectivity index (χ3v) is 2.51. The Kier molecular flexibility index (Phi) is 6.48. The maximum absolute atomic E-state index is 11.5. The fraction of sp³-hybridized carbons (Fsp3) is 0.889. The van der Waals surface area contributed by atoms with E-state index in [1.165, 1.54) is 7.11 Å². The molecule has 16 heavy (non-hydrogen) atoms. The Morgan fingerprint density at radius 3 is 2.69 bits per heavy atom. The van der Waals surface area contributed by atoms with E-state index in [1.54, 1.807) is 0 Å². The molecule has 7 nitrogen and oxygen atoms in total. The molecule has 0 aliphatic heterocycles. The molecule has 0 aromatic rings. The fourth-order valence-corrected chi connectivity index (χ4v) is 1.47. The number of carbonyl (C=O) groups is 1. The van der Waals surface area contributed by atoms with Crippen molar-refractivity contribution in [2.75, 3.05) is 26.8 Å². The monoisotopic (exact) mass is 229 g/mol. The Balaban J connectivity index is 4.61. The maximum Gasteiger partial charge on any atom is 0.240 e. The highest BCUT2D eigenvalue weighted by Crippen LogP contribution is 2.17. The lowest BCUT2D eigenvalue weighted by Crippen LogP contribution is -2.62. The van der Waals surface area contributed by atoms with E-state index in [4.69, 9.17) is 16.0 Å². The number of carbonyl (C=O) groups excluding carboxylic acids is 1. The predicted octanol–water partition coefficient (Wildman–Crippen LogP) is 0.413. The van der Waals surface area contributed by atoms with Gasteiger partial charge in [-0.3, -0.25) is 4.79 Å². The van der Waals surface area contributed by atoms with E-state index in [0.29, 0.717) is 6.54 Å². The number of rotatable bonds is 8. The number of ether oxygens (including phenoxy) is 1. The standard InChI is InChI=1S/C9H19N5O2/c1-7(2)9(6-16-3,8(10)15)12-4-5-13-14-11/h7,12H,4-6H2,1-3H3,(H2,10,15). The number of methoxy groups -OCH3 is 1. The molecule has 1 amide bonds. The zero-order valence-electron chi connectivity index (χ0n) is 9.93. The molecule has 0 radical (unpaired) electrons. The van der Waals surface area contributed by atoms with Crippen molar-refractivity contribution in [3.05, 3.63) is 10.4 Å². The van der Waals surface area contributed by atoms with Gasteiger partial charge in [0.15, 0.2) is 0 Å². The molecular weight excluding hydrogens is 210 g/mol. The molecule has 0 rings (SSSR count). The molecule has 0 aliphatic rings. The van der Waals surface area contributed by atoms with Crippen LogP contribution in [0.15, 0.2) is 5.11 Å². The average Bonchev–Trinajstić information content (AvgIpc) is 2.21. The van der Waals surface area contributed by atoms with Gasteiger partial charge in [0.05, 0.1) is 6.61 Å². The molecule has 0 saturated heterocycles. The predicted molar refractivity (Wildman–Crippen MR) is 60.7 cm³/mol. The van der Waals surface area contributed by atoms with Crippen molar-refractivity contribution in [3.63, 3.8) is 0 Å². The minimum absolute atomic E-state index is 0.0176. The van der Waals surface area contributed by atoms with Crippen LogP contribution in [-0.2, 0) is 9.53 Å². The number of nitrogens with two attached hydrogens (primary N) is 1. The third kappa shape index (κ3) is 3.69. The molecule has 0 heterocycles. The molecule has 0 aromatic heterocycles. The van der Waals surface area contributed by atoms with E-state index in [1.807, 2.05) is 13.8 Å². The van der Waals surface area contributed by atoms with E-state index in [0.717, 1.165) is 0 Å². The van der Waals surface area contributed by atoms with Crippen molar-refractivity contribution in [2.24, 2.45) is 16.8 Å². The summed E-state index contributed by atoms with van der Waals surface area (Å²) in [4.78, 5) is 14.1. The Hall–Kier alpha value is -1.30. The summed E-state index contributed by atoms with van der Waals surface area (Å²) in [6.45, 7) is 4.60. The largest absolute Gasteiger partial charge is 0.382 e. The first-order valence-corrected chi connectivity index (χ1v) is 5.06. The molecule has 0 aliphatic carbocycles. The van der Waals surface area contributed by atoms with Gasteiger partial charge < -0.3 is 15.8 Å². The molecule has 3 N–H and O–H groups in total. The first-order chi connectivity index (χ1) is 7.51. The minimum atomic E-state index is -0.917. The first-order valence-electron chi connectivity index (χ1n) is 5.06. The van der Waals surface area contributed by atoms with Crippen molar-refractivity contribution in [2.45, 2.75) is 19.4 Å². The topological polar surface area (TPSA) is 113 Å². The summed E-state index contributed by atoms with van der Waals surface area (Å²) >= 11 is 0. The smallest absolute Gasteiger partial charge is 0.240 e. The van der Waals surface area contributed by atoms with Crippen molar-refractivity contribution in [1.29, 1.82) is 0 Å². The second kappa shape index (κ2) is 7.05. The van der Waals surface area contributed by atoms with Gasteiger partial charge >= 0.3 is 0 Å². The van der Waals surface area contributed by atoms with Crippen LogP contribution in [0.5, 0.6) is 0 Å². The summed E-state index contributed by atoms with van der Waals surface area (Å²) in [6.07, 6.45) is 0. The second-order valence-corrected chi connectivity index (χ2v) is 3.80. The van der Waals surface area contributed by atoms with E-state index < -0.39 is 11.4 Å². The fourth-order valence-electron chi connectivity index (χ4n) is 1.47. The number of hydrogen-bond acceptors (Lipinski definition) is 4. The van der Waals surface area contributed by atoms with Gasteiger partial charge in [0, 0.05) is 25.1 Å². The second-order valence-electron chi connectivity index (χ2n) is 3.80. The van der Waals surface area contributed by atoms with Gasteiger partial charge in [-0.2, -0.15) is 0 Å². The van der Waals surface area contributed by atoms with Gasteiger partial charge in [-0.25, -0.2) is 0 Å². The summed E-state index contributed by atoms with van der Waals surface area (Å²) in [6, 6.07) is 0. The number of azide groups is 1. The number of nitrogens with one attached hydrogen (secondary N) is 1. The van der Waals surface area contributed by atoms with Crippen molar-refractivity contribution in [1.82, 2.24) is 5.32 Å². The summed E-state index contributed by atoms with van der Waals surface area (Å²) in [5, 5.41) is 6.38. The molecule has 1 atom stereocenters. The molecule has 92 valence electrons. The number of nitrogens with zero attached hydrogens (tertiary/aromatic N) is 3. The van der Waals surface area contributed by atoms with Crippen LogP contribution in [0.2, 0.25) is 0 Å². The van der Waals surface area contributed by atoms with Gasteiger partial charge in [0.25, 0.3) is 0 Å². The summed E-state index contributed by atoms with van der Waals surface area (Å²) in [5.41, 5.74) is 12.6. The zero-order chi connectivity index (χ0) is 12.6. The Morgan fingerprint density at radius 1 is 1.69 bits per heavy atom. The molecule has 7 heteroatoms. The van der Waals surface area contributed by atoms with Crippen LogP contribution in [-0.4, -0.2) is 38.3 Å². The molecule has 0 spiro atoms. The Bertz CT molecular complexity index is 275. The summed E-state index contributed by atoms with van der Waals surface area (Å²) < 4.78 is 5.02. The van der Waals surface area contributed by atoms with Gasteiger partial charge in [0.2, 0.25) is 5.91 Å². The van der Waals surface area contributed by atoms with Crippen molar-refractivity contribution in [3.8, 4) is 0 Å². The van der Waals surface area contributed by atoms with Crippen LogP contribution in [0, 0.1) is 5.92 Å². The van der Waals surface area contributed by atoms with Gasteiger partial charge in [-0.15, -0.1) is 0 Å². The first kappa shape index (κ1) is 14.7. The highest BCUT2D eigenvalue weighted by Gasteiger charge is 2.39. The molecule has 0 saturated carbocycles. The van der Waals surface area contributed by atoms with Crippen LogP contribution < -0.4 is 11.1 Å². The SMILES string of the molecule is COCC(NCCN=[N+]=[N-])(C(N)=O)C(C)C. The van der Waals surface area contributed by atoms with Crippen LogP contribution in [0.3, 0.4) is 0 Å². The minimum Gasteiger partial charge on any atom is -0.382 e. The molecule has 0 bridgehead atoms. The number of primary amides is 1. The van der Waals surface area contributed by atoms with Crippen molar-refractivity contribution >= 4 is 5.91 Å². The quantitative estimate of drug-likeness (QED) is 0.272. The van der Waals surface area contributed by atoms with E-state index in [-0.39, 0.29) is 19.1 Å². The van der Waals surface area contributed by atoms with E-state index >= 15 is 0 Å². The van der Waals surface area contributed by atoms with Crippen molar-refractivity contribution < 1.29 is 9.53 Å². The molecule has 1 unspecified atom stereocenters. The summed E-state index contributed by atoms with van der Waals surface area (Å²) in [7, 11) is 1.51. The number of hydrogen-bond donors (Lipinski definition) is 2. The van der Waals surface area contributed by atoms with Crippen LogP contribution in [0.4, 0.5) is 0 Å². The lowest BCUT2D eigenvalue weighted by molar-refractivity contribution is -0.128. The Morgan fingerprint density at radius 2 is 2.31 bits per heavy atom. The van der Waals surface area contributed by atoms with Crippen LogP contribution in [0.25, 0.3) is 10.4 Å². The lowest BCUT2D eigenvalue weighted by Gasteiger charge is -2.34. The van der Waals surface area contributed by atoms with Gasteiger partial charge in [-0.05, 0) is 11.4 Å². The molecule has 0 fully saturated rings. The van der Waals surface area contributed by atoms with Gasteiger partial charge in [-0.1, -0.05) is 19.0 Å². The summed E-state index contributed by atoms with van der Waals surface area (Å²) in [5.74, 6) is -0.485. The maximum atomic E-state index is 11.5. The average molecular weight is 229 g/mol.